The Morgan fingerprint density at radius 3 is 1.91 bits per heavy atom. The van der Waals surface area contributed by atoms with Crippen molar-refractivity contribution in [3.05, 3.63) is 95.1 Å². The van der Waals surface area contributed by atoms with Crippen LogP contribution in [0.15, 0.2) is 72.8 Å². The molecule has 1 amide bonds. The summed E-state index contributed by atoms with van der Waals surface area (Å²) in [6.07, 6.45) is 14.7. The van der Waals surface area contributed by atoms with Crippen LogP contribution in [0.2, 0.25) is 0 Å². The van der Waals surface area contributed by atoms with Gasteiger partial charge in [0.15, 0.2) is 6.29 Å². The van der Waals surface area contributed by atoms with E-state index in [0.29, 0.717) is 0 Å². The lowest BCUT2D eigenvalue weighted by molar-refractivity contribution is -0.276. The van der Waals surface area contributed by atoms with E-state index in [1.807, 2.05) is 36.4 Å². The van der Waals surface area contributed by atoms with Crippen LogP contribution in [0.3, 0.4) is 0 Å². The van der Waals surface area contributed by atoms with E-state index < -0.39 is 16.0 Å². The quantitative estimate of drug-likeness (QED) is 0.0784. The van der Waals surface area contributed by atoms with Gasteiger partial charge in [-0.2, -0.15) is 0 Å². The molecule has 1 aliphatic heterocycles. The summed E-state index contributed by atoms with van der Waals surface area (Å²) in [7, 11) is 0. The molecule has 0 radical (unpaired) electrons. The summed E-state index contributed by atoms with van der Waals surface area (Å²) in [5.41, 5.74) is 5.80. The second-order valence-corrected chi connectivity index (χ2v) is 16.9. The molecule has 1 aliphatic rings. The van der Waals surface area contributed by atoms with Gasteiger partial charge in [-0.25, -0.2) is 0 Å². The van der Waals surface area contributed by atoms with Crippen LogP contribution < -0.4 is 5.32 Å². The average molecular weight is 788 g/mol. The van der Waals surface area contributed by atoms with Crippen molar-refractivity contribution in [2.75, 3.05) is 19.6 Å². The lowest BCUT2D eigenvalue weighted by Gasteiger charge is -2.43. The van der Waals surface area contributed by atoms with E-state index in [4.69, 9.17) is 44.3 Å². The van der Waals surface area contributed by atoms with Crippen molar-refractivity contribution in [1.29, 1.82) is 0 Å². The third-order valence-corrected chi connectivity index (χ3v) is 10.9. The number of hydrogen-bond donors (Lipinski definition) is 2. The van der Waals surface area contributed by atoms with Gasteiger partial charge in [0, 0.05) is 24.6 Å². The molecule has 6 nitrogen and oxygen atoms in total. The van der Waals surface area contributed by atoms with Gasteiger partial charge in [0.05, 0.1) is 18.8 Å². The van der Waals surface area contributed by atoms with Gasteiger partial charge in [0.2, 0.25) is 0 Å². The Labute approximate surface area is 333 Å². The van der Waals surface area contributed by atoms with E-state index in [1.165, 1.54) is 77.0 Å². The highest BCUT2D eigenvalue weighted by atomic mass is 35.6. The Morgan fingerprint density at radius 2 is 1.32 bits per heavy atom. The Morgan fingerprint density at radius 1 is 0.755 bits per heavy atom. The maximum Gasteiger partial charge on any atom is 0.272 e. The predicted molar refractivity (Wildman–Crippen MR) is 220 cm³/mol. The van der Waals surface area contributed by atoms with Gasteiger partial charge in [0.25, 0.3) is 9.70 Å². The Bertz CT molecular complexity index is 1470. The van der Waals surface area contributed by atoms with Crippen LogP contribution >= 0.6 is 34.8 Å². The highest BCUT2D eigenvalue weighted by molar-refractivity contribution is 6.76. The minimum absolute atomic E-state index is 0.0102. The summed E-state index contributed by atoms with van der Waals surface area (Å²) in [6, 6.07) is 24.3. The van der Waals surface area contributed by atoms with Gasteiger partial charge in [-0.3, -0.25) is 4.79 Å². The normalized spacial score (nSPS) is 19.1. The molecule has 0 spiro atoms. The van der Waals surface area contributed by atoms with Gasteiger partial charge in [-0.1, -0.05) is 193 Å². The zero-order valence-electron chi connectivity index (χ0n) is 32.0. The second-order valence-electron chi connectivity index (χ2n) is 14.6. The molecule has 9 heteroatoms. The van der Waals surface area contributed by atoms with E-state index >= 15 is 0 Å². The fourth-order valence-corrected chi connectivity index (χ4v) is 7.36. The van der Waals surface area contributed by atoms with Gasteiger partial charge >= 0.3 is 0 Å². The van der Waals surface area contributed by atoms with Crippen molar-refractivity contribution in [2.24, 2.45) is 5.92 Å². The number of ether oxygens (including phenoxy) is 2. The van der Waals surface area contributed by atoms with Crippen LogP contribution in [-0.4, -0.2) is 45.4 Å². The molecule has 0 bridgehead atoms. The van der Waals surface area contributed by atoms with Gasteiger partial charge in [-0.05, 0) is 53.7 Å². The van der Waals surface area contributed by atoms with Crippen LogP contribution in [0.25, 0.3) is 11.1 Å². The van der Waals surface area contributed by atoms with Crippen molar-refractivity contribution >= 4 is 40.7 Å². The van der Waals surface area contributed by atoms with Gasteiger partial charge < -0.3 is 24.8 Å². The molecule has 3 aromatic rings. The van der Waals surface area contributed by atoms with Crippen molar-refractivity contribution in [3.8, 4) is 11.1 Å². The number of rotatable bonds is 22. The highest BCUT2D eigenvalue weighted by Crippen LogP contribution is 2.42. The molecule has 4 unspecified atom stereocenters. The number of amides is 1. The zero-order chi connectivity index (χ0) is 38.1. The molecule has 1 heterocycles. The Kier molecular flexibility index (Phi) is 18.9. The summed E-state index contributed by atoms with van der Waals surface area (Å²) in [5, 5.41) is 12.4. The fraction of sp³-hybridized carbons (Fsp3) is 0.568. The number of benzene rings is 3. The first kappa shape index (κ1) is 43.6. The third kappa shape index (κ3) is 14.1. The summed E-state index contributed by atoms with van der Waals surface area (Å²) in [6.45, 7) is 10.1. The number of carbonyl (C=O) groups is 1. The number of carbonyl (C=O) groups excluding carboxylic acids is 1. The van der Waals surface area contributed by atoms with Crippen LogP contribution in [0.4, 0.5) is 0 Å². The number of halogens is 3. The van der Waals surface area contributed by atoms with Crippen molar-refractivity contribution < 1.29 is 19.4 Å². The van der Waals surface area contributed by atoms with E-state index in [2.05, 4.69) is 67.4 Å². The smallest absolute Gasteiger partial charge is 0.272 e. The fourth-order valence-electron chi connectivity index (χ4n) is 7.16. The minimum Gasteiger partial charge on any atom is -0.392 e. The molecule has 4 atom stereocenters. The number of aliphatic hydroxyl groups excluding tert-OH is 1. The second kappa shape index (κ2) is 23.0. The molecule has 3 aromatic carbocycles. The maximum atomic E-state index is 12.2. The average Bonchev–Trinajstić information content (AvgIpc) is 3.17. The van der Waals surface area contributed by atoms with E-state index in [0.717, 1.165) is 53.0 Å². The van der Waals surface area contributed by atoms with Crippen molar-refractivity contribution in [1.82, 2.24) is 10.2 Å². The molecule has 292 valence electrons. The number of nitrogens with one attached hydrogen (secondary N) is 1. The van der Waals surface area contributed by atoms with Gasteiger partial charge in [-0.15, -0.1) is 0 Å². The number of nitrogens with zero attached hydrogens (tertiary/aromatic N) is 1. The van der Waals surface area contributed by atoms with Crippen LogP contribution in [0.1, 0.15) is 132 Å². The molecular formula is C44H61Cl3N2O4. The summed E-state index contributed by atoms with van der Waals surface area (Å²) >= 11 is 17.3. The summed E-state index contributed by atoms with van der Waals surface area (Å²) in [4.78, 5) is 14.9. The zero-order valence-corrected chi connectivity index (χ0v) is 34.3. The van der Waals surface area contributed by atoms with Crippen molar-refractivity contribution in [3.63, 3.8) is 0 Å². The SMILES string of the molecule is CCCCCCCCN(CCCCCCCC)CC1OC(c2ccc(-c3ccccc3CNC(=O)C(Cl)(Cl)Cl)cc2)OC(c2ccc(CO)cc2)C1C. The molecule has 53 heavy (non-hydrogen) atoms. The third-order valence-electron chi connectivity index (χ3n) is 10.4. The first-order chi connectivity index (χ1) is 25.6. The molecule has 0 aromatic heterocycles. The molecule has 4 rings (SSSR count). The predicted octanol–water partition coefficient (Wildman–Crippen LogP) is 11.6. The minimum atomic E-state index is -2.02. The molecule has 1 fully saturated rings. The Balaban J connectivity index is 1.53. The maximum absolute atomic E-state index is 12.2. The van der Waals surface area contributed by atoms with Crippen molar-refractivity contribution in [2.45, 2.75) is 133 Å². The topological polar surface area (TPSA) is 71.0 Å². The number of alkyl halides is 3. The van der Waals surface area contributed by atoms with Crippen LogP contribution in [0, 0.1) is 5.92 Å². The largest absolute Gasteiger partial charge is 0.392 e. The first-order valence-electron chi connectivity index (χ1n) is 19.9. The molecule has 2 N–H and O–H groups in total. The van der Waals surface area contributed by atoms with Gasteiger partial charge in [0.1, 0.15) is 0 Å². The first-order valence-corrected chi connectivity index (χ1v) is 21.0. The molecule has 0 aliphatic carbocycles. The number of hydrogen-bond acceptors (Lipinski definition) is 5. The number of aliphatic hydroxyl groups is 1. The lowest BCUT2D eigenvalue weighted by Crippen LogP contribution is -2.45. The van der Waals surface area contributed by atoms with E-state index in [-0.39, 0.29) is 31.3 Å². The van der Waals surface area contributed by atoms with E-state index in [9.17, 15) is 9.90 Å². The van der Waals surface area contributed by atoms with E-state index in [1.54, 1.807) is 0 Å². The van der Waals surface area contributed by atoms with Crippen LogP contribution in [0.5, 0.6) is 0 Å². The summed E-state index contributed by atoms with van der Waals surface area (Å²) < 4.78 is 11.7. The highest BCUT2D eigenvalue weighted by Gasteiger charge is 2.39. The molecular weight excluding hydrogens is 727 g/mol. The Hall–Kier alpha value is -2.16. The molecule has 1 saturated heterocycles. The standard InChI is InChI=1S/C44H61Cl3N2O4/c1-4-6-8-10-12-16-28-49(29-17-13-11-9-7-5-2)31-40-33(3)41(36-22-20-34(32-50)21-23-36)53-42(52-40)37-26-24-35(25-27-37)39-19-15-14-18-38(39)30-48-43(51)44(45,46)47/h14-15,18-27,33,40-42,50H,4-13,16-17,28-32H2,1-3H3,(H,48,51). The monoisotopic (exact) mass is 786 g/mol. The lowest BCUT2D eigenvalue weighted by atomic mass is 9.89. The summed E-state index contributed by atoms with van der Waals surface area (Å²) in [5.74, 6) is -0.544. The van der Waals surface area contributed by atoms with Crippen LogP contribution in [-0.2, 0) is 27.4 Å². The number of unbranched alkanes of at least 4 members (excludes halogenated alkanes) is 10. The molecule has 0 saturated carbocycles.